The summed E-state index contributed by atoms with van der Waals surface area (Å²) >= 11 is 5.86. The summed E-state index contributed by atoms with van der Waals surface area (Å²) in [5.41, 5.74) is 4.22. The lowest BCUT2D eigenvalue weighted by Crippen LogP contribution is -1.99. The highest BCUT2D eigenvalue weighted by Gasteiger charge is 2.02. The molecule has 0 amide bonds. The Morgan fingerprint density at radius 1 is 1.11 bits per heavy atom. The largest absolute Gasteiger partial charge is 0.379 e. The molecule has 18 heavy (non-hydrogen) atoms. The summed E-state index contributed by atoms with van der Waals surface area (Å²) in [6.07, 6.45) is 1.71. The van der Waals surface area contributed by atoms with Crippen LogP contribution in [0.4, 0.5) is 5.69 Å². The number of benzene rings is 2. The second-order valence-corrected chi connectivity index (χ2v) is 4.52. The van der Waals surface area contributed by atoms with Crippen molar-refractivity contribution in [3.05, 3.63) is 59.4 Å². The average Bonchev–Trinajstić information content (AvgIpc) is 2.87. The van der Waals surface area contributed by atoms with Gasteiger partial charge in [-0.25, -0.2) is 4.98 Å². The molecule has 0 atom stereocenters. The predicted molar refractivity (Wildman–Crippen MR) is 74.9 cm³/mol. The average molecular weight is 258 g/mol. The highest BCUT2D eigenvalue weighted by molar-refractivity contribution is 6.30. The first-order chi connectivity index (χ1) is 8.83. The van der Waals surface area contributed by atoms with Crippen LogP contribution >= 0.6 is 11.6 Å². The summed E-state index contributed by atoms with van der Waals surface area (Å²) in [6, 6.07) is 13.9. The first-order valence-electron chi connectivity index (χ1n) is 5.73. The topological polar surface area (TPSA) is 40.7 Å². The summed E-state index contributed by atoms with van der Waals surface area (Å²) in [5.74, 6) is 0. The first kappa shape index (κ1) is 11.1. The molecule has 0 aliphatic carbocycles. The van der Waals surface area contributed by atoms with E-state index in [-0.39, 0.29) is 0 Å². The molecule has 0 saturated heterocycles. The van der Waals surface area contributed by atoms with Gasteiger partial charge >= 0.3 is 0 Å². The SMILES string of the molecule is Clc1ccc(CNc2cccc3[nH]cnc23)cc1. The predicted octanol–water partition coefficient (Wildman–Crippen LogP) is 3.83. The minimum Gasteiger partial charge on any atom is -0.379 e. The monoisotopic (exact) mass is 257 g/mol. The van der Waals surface area contributed by atoms with E-state index in [1.165, 1.54) is 5.56 Å². The molecular formula is C14H12ClN3. The summed E-state index contributed by atoms with van der Waals surface area (Å²) < 4.78 is 0. The summed E-state index contributed by atoms with van der Waals surface area (Å²) in [7, 11) is 0. The number of hydrogen-bond donors (Lipinski definition) is 2. The number of nitrogens with one attached hydrogen (secondary N) is 2. The van der Waals surface area contributed by atoms with Crippen molar-refractivity contribution in [1.82, 2.24) is 9.97 Å². The molecule has 0 fully saturated rings. The standard InChI is InChI=1S/C14H12ClN3/c15-11-6-4-10(5-7-11)8-16-12-2-1-3-13-14(12)18-9-17-13/h1-7,9,16H,8H2,(H,17,18). The molecular weight excluding hydrogens is 246 g/mol. The number of anilines is 1. The molecule has 4 heteroatoms. The van der Waals surface area contributed by atoms with Gasteiger partial charge < -0.3 is 10.3 Å². The first-order valence-corrected chi connectivity index (χ1v) is 6.11. The van der Waals surface area contributed by atoms with E-state index >= 15 is 0 Å². The van der Waals surface area contributed by atoms with Gasteiger partial charge in [0.05, 0.1) is 17.5 Å². The van der Waals surface area contributed by atoms with Gasteiger partial charge in [0.1, 0.15) is 5.52 Å². The van der Waals surface area contributed by atoms with Crippen LogP contribution in [0.2, 0.25) is 5.02 Å². The third-order valence-corrected chi connectivity index (χ3v) is 3.10. The zero-order valence-corrected chi connectivity index (χ0v) is 10.4. The van der Waals surface area contributed by atoms with Gasteiger partial charge in [0, 0.05) is 11.6 Å². The third kappa shape index (κ3) is 2.17. The molecule has 0 aliphatic heterocycles. The fourth-order valence-electron chi connectivity index (χ4n) is 1.91. The molecule has 0 unspecified atom stereocenters. The molecule has 1 heterocycles. The Morgan fingerprint density at radius 2 is 1.94 bits per heavy atom. The Balaban J connectivity index is 1.80. The lowest BCUT2D eigenvalue weighted by atomic mass is 10.2. The summed E-state index contributed by atoms with van der Waals surface area (Å²) in [4.78, 5) is 7.40. The van der Waals surface area contributed by atoms with Crippen molar-refractivity contribution >= 4 is 28.3 Å². The van der Waals surface area contributed by atoms with Crippen molar-refractivity contribution in [1.29, 1.82) is 0 Å². The maximum atomic E-state index is 5.86. The minimum absolute atomic E-state index is 0.753. The molecule has 0 spiro atoms. The molecule has 3 nitrogen and oxygen atoms in total. The Bertz CT molecular complexity index is 658. The maximum absolute atomic E-state index is 5.86. The lowest BCUT2D eigenvalue weighted by molar-refractivity contribution is 1.15. The number of fused-ring (bicyclic) bond motifs is 1. The fourth-order valence-corrected chi connectivity index (χ4v) is 2.03. The molecule has 90 valence electrons. The van der Waals surface area contributed by atoms with Gasteiger partial charge in [-0.2, -0.15) is 0 Å². The van der Waals surface area contributed by atoms with Gasteiger partial charge in [-0.05, 0) is 29.8 Å². The number of nitrogens with zero attached hydrogens (tertiary/aromatic N) is 1. The normalized spacial score (nSPS) is 10.7. The second-order valence-electron chi connectivity index (χ2n) is 4.08. The smallest absolute Gasteiger partial charge is 0.111 e. The van der Waals surface area contributed by atoms with Crippen molar-refractivity contribution in [3.63, 3.8) is 0 Å². The van der Waals surface area contributed by atoms with Crippen molar-refractivity contribution < 1.29 is 0 Å². The summed E-state index contributed by atoms with van der Waals surface area (Å²) in [5, 5.41) is 4.14. The maximum Gasteiger partial charge on any atom is 0.111 e. The number of para-hydroxylation sites is 1. The molecule has 2 N–H and O–H groups in total. The fraction of sp³-hybridized carbons (Fsp3) is 0.0714. The Morgan fingerprint density at radius 3 is 2.78 bits per heavy atom. The van der Waals surface area contributed by atoms with Crippen LogP contribution in [0, 0.1) is 0 Å². The highest BCUT2D eigenvalue weighted by atomic mass is 35.5. The molecule has 3 rings (SSSR count). The van der Waals surface area contributed by atoms with E-state index in [0.29, 0.717) is 0 Å². The number of imidazole rings is 1. The van der Waals surface area contributed by atoms with Crippen LogP contribution in [0.15, 0.2) is 48.8 Å². The van der Waals surface area contributed by atoms with E-state index < -0.39 is 0 Å². The minimum atomic E-state index is 0.753. The van der Waals surface area contributed by atoms with Gasteiger partial charge in [0.25, 0.3) is 0 Å². The zero-order valence-electron chi connectivity index (χ0n) is 9.65. The van der Waals surface area contributed by atoms with Crippen LogP contribution < -0.4 is 5.32 Å². The van der Waals surface area contributed by atoms with Crippen LogP contribution in [0.3, 0.4) is 0 Å². The summed E-state index contributed by atoms with van der Waals surface area (Å²) in [6.45, 7) is 0.753. The van der Waals surface area contributed by atoms with E-state index in [0.717, 1.165) is 28.3 Å². The second kappa shape index (κ2) is 4.70. The van der Waals surface area contributed by atoms with Gasteiger partial charge in [-0.15, -0.1) is 0 Å². The van der Waals surface area contributed by atoms with Crippen molar-refractivity contribution in [3.8, 4) is 0 Å². The molecule has 1 aromatic heterocycles. The van der Waals surface area contributed by atoms with Crippen LogP contribution in [0.25, 0.3) is 11.0 Å². The van der Waals surface area contributed by atoms with Gasteiger partial charge in [-0.3, -0.25) is 0 Å². The van der Waals surface area contributed by atoms with Crippen LogP contribution in [0.5, 0.6) is 0 Å². The van der Waals surface area contributed by atoms with Gasteiger partial charge in [0.15, 0.2) is 0 Å². The van der Waals surface area contributed by atoms with Crippen LogP contribution in [0.1, 0.15) is 5.56 Å². The number of hydrogen-bond acceptors (Lipinski definition) is 2. The zero-order chi connectivity index (χ0) is 12.4. The number of aromatic nitrogens is 2. The van der Waals surface area contributed by atoms with Crippen molar-refractivity contribution in [2.24, 2.45) is 0 Å². The number of aromatic amines is 1. The van der Waals surface area contributed by atoms with Gasteiger partial charge in [-0.1, -0.05) is 29.8 Å². The van der Waals surface area contributed by atoms with E-state index in [1.807, 2.05) is 42.5 Å². The Labute approximate surface area is 110 Å². The quantitative estimate of drug-likeness (QED) is 0.749. The number of H-pyrrole nitrogens is 1. The molecule has 2 aromatic carbocycles. The van der Waals surface area contributed by atoms with Crippen molar-refractivity contribution in [2.45, 2.75) is 6.54 Å². The van der Waals surface area contributed by atoms with Crippen LogP contribution in [-0.2, 0) is 6.54 Å². The molecule has 0 bridgehead atoms. The Hall–Kier alpha value is -2.00. The molecule has 0 saturated carbocycles. The lowest BCUT2D eigenvalue weighted by Gasteiger charge is -2.07. The van der Waals surface area contributed by atoms with E-state index in [2.05, 4.69) is 15.3 Å². The molecule has 3 aromatic rings. The molecule has 0 radical (unpaired) electrons. The van der Waals surface area contributed by atoms with E-state index in [1.54, 1.807) is 6.33 Å². The van der Waals surface area contributed by atoms with Crippen LogP contribution in [-0.4, -0.2) is 9.97 Å². The molecule has 0 aliphatic rings. The van der Waals surface area contributed by atoms with E-state index in [9.17, 15) is 0 Å². The van der Waals surface area contributed by atoms with Crippen molar-refractivity contribution in [2.75, 3.05) is 5.32 Å². The highest BCUT2D eigenvalue weighted by Crippen LogP contribution is 2.20. The third-order valence-electron chi connectivity index (χ3n) is 2.85. The van der Waals surface area contributed by atoms with E-state index in [4.69, 9.17) is 11.6 Å². The van der Waals surface area contributed by atoms with Gasteiger partial charge in [0.2, 0.25) is 0 Å². The number of rotatable bonds is 3. The Kier molecular flexibility index (Phi) is 2.90. The number of halogens is 1.